The van der Waals surface area contributed by atoms with Crippen LogP contribution in [0.15, 0.2) is 35.2 Å². The van der Waals surface area contributed by atoms with Gasteiger partial charge in [-0.2, -0.15) is 4.98 Å². The molecule has 0 fully saturated rings. The molecule has 0 radical (unpaired) electrons. The lowest BCUT2D eigenvalue weighted by Crippen LogP contribution is -2.32. The van der Waals surface area contributed by atoms with E-state index in [1.54, 1.807) is 35.0 Å². The Hall–Kier alpha value is -3.23. The molecule has 26 heavy (non-hydrogen) atoms. The first-order valence-corrected chi connectivity index (χ1v) is 8.35. The molecule has 0 bridgehead atoms. The van der Waals surface area contributed by atoms with Crippen LogP contribution >= 0.6 is 0 Å². The van der Waals surface area contributed by atoms with Crippen LogP contribution in [0.5, 0.6) is 0 Å². The molecule has 0 aromatic carbocycles. The second kappa shape index (κ2) is 7.34. The molecule has 0 saturated heterocycles. The maximum Gasteiger partial charge on any atom is 0.322 e. The summed E-state index contributed by atoms with van der Waals surface area (Å²) in [6.45, 7) is 6.36. The molecule has 0 aliphatic rings. The van der Waals surface area contributed by atoms with Crippen molar-refractivity contribution in [3.8, 4) is 11.6 Å². The van der Waals surface area contributed by atoms with Crippen molar-refractivity contribution in [1.29, 1.82) is 0 Å². The number of anilines is 2. The Morgan fingerprint density at radius 3 is 2.85 bits per heavy atom. The Bertz CT molecular complexity index is 886. The highest BCUT2D eigenvalue weighted by atomic mass is 16.5. The van der Waals surface area contributed by atoms with Crippen LogP contribution < -0.4 is 10.2 Å². The Labute approximate surface area is 151 Å². The number of aromatic nitrogens is 5. The van der Waals surface area contributed by atoms with E-state index in [1.165, 1.54) is 6.20 Å². The third-order valence-electron chi connectivity index (χ3n) is 3.76. The smallest absolute Gasteiger partial charge is 0.322 e. The summed E-state index contributed by atoms with van der Waals surface area (Å²) in [6, 6.07) is 4.12. The van der Waals surface area contributed by atoms with Gasteiger partial charge in [0, 0.05) is 25.8 Å². The molecular weight excluding hydrogens is 334 g/mol. The molecule has 1 amide bonds. The van der Waals surface area contributed by atoms with Gasteiger partial charge in [0.1, 0.15) is 5.69 Å². The average molecular weight is 355 g/mol. The molecule has 3 heterocycles. The molecule has 0 atom stereocenters. The third-order valence-corrected chi connectivity index (χ3v) is 3.76. The number of imidazole rings is 1. The zero-order valence-electron chi connectivity index (χ0n) is 15.2. The van der Waals surface area contributed by atoms with Crippen molar-refractivity contribution in [1.82, 2.24) is 24.7 Å². The summed E-state index contributed by atoms with van der Waals surface area (Å²) < 4.78 is 6.82. The molecule has 3 rings (SSSR count). The predicted octanol–water partition coefficient (Wildman–Crippen LogP) is 2.35. The number of amides is 1. The lowest BCUT2D eigenvalue weighted by Gasteiger charge is -2.20. The molecule has 3 aromatic rings. The molecular formula is C17H21N7O2. The third kappa shape index (κ3) is 3.41. The van der Waals surface area contributed by atoms with Gasteiger partial charge < -0.3 is 19.3 Å². The van der Waals surface area contributed by atoms with E-state index in [2.05, 4.69) is 25.4 Å². The van der Waals surface area contributed by atoms with Gasteiger partial charge in [0.05, 0.1) is 18.1 Å². The fourth-order valence-electron chi connectivity index (χ4n) is 2.53. The van der Waals surface area contributed by atoms with Crippen molar-refractivity contribution < 1.29 is 9.32 Å². The summed E-state index contributed by atoms with van der Waals surface area (Å²) in [5, 5.41) is 6.96. The fourth-order valence-corrected chi connectivity index (χ4v) is 2.53. The zero-order valence-corrected chi connectivity index (χ0v) is 15.2. The van der Waals surface area contributed by atoms with Crippen LogP contribution in [-0.2, 0) is 7.05 Å². The van der Waals surface area contributed by atoms with Gasteiger partial charge in [0.2, 0.25) is 5.82 Å². The number of pyridine rings is 1. The zero-order chi connectivity index (χ0) is 18.7. The highest BCUT2D eigenvalue weighted by molar-refractivity contribution is 6.05. The monoisotopic (exact) mass is 355 g/mol. The van der Waals surface area contributed by atoms with Gasteiger partial charge in [0.15, 0.2) is 5.82 Å². The SMILES string of the molecule is CCN(C(=O)c1cnc(-c2noc(NC(C)C)n2)n1C)c1cccnc1. The number of nitrogens with zero attached hydrogens (tertiary/aromatic N) is 6. The summed E-state index contributed by atoms with van der Waals surface area (Å²) >= 11 is 0. The maximum absolute atomic E-state index is 13.0. The first-order valence-electron chi connectivity index (χ1n) is 8.35. The van der Waals surface area contributed by atoms with E-state index in [1.807, 2.05) is 26.8 Å². The van der Waals surface area contributed by atoms with E-state index < -0.39 is 0 Å². The van der Waals surface area contributed by atoms with E-state index in [9.17, 15) is 4.79 Å². The molecule has 9 nitrogen and oxygen atoms in total. The Morgan fingerprint density at radius 1 is 1.38 bits per heavy atom. The highest BCUT2D eigenvalue weighted by Gasteiger charge is 2.23. The van der Waals surface area contributed by atoms with Crippen LogP contribution in [0.3, 0.4) is 0 Å². The normalized spacial score (nSPS) is 11.0. The van der Waals surface area contributed by atoms with Gasteiger partial charge in [-0.1, -0.05) is 5.16 Å². The summed E-state index contributed by atoms with van der Waals surface area (Å²) in [5.74, 6) is 0.598. The number of hydrogen-bond acceptors (Lipinski definition) is 7. The molecule has 0 spiro atoms. The van der Waals surface area contributed by atoms with Gasteiger partial charge in [-0.15, -0.1) is 0 Å². The lowest BCUT2D eigenvalue weighted by atomic mass is 10.3. The Kier molecular flexibility index (Phi) is 4.97. The van der Waals surface area contributed by atoms with Crippen LogP contribution in [0.1, 0.15) is 31.3 Å². The molecule has 3 aromatic heterocycles. The highest BCUT2D eigenvalue weighted by Crippen LogP contribution is 2.20. The minimum atomic E-state index is -0.175. The van der Waals surface area contributed by atoms with Gasteiger partial charge in [0.25, 0.3) is 5.91 Å². The minimum Gasteiger partial charge on any atom is -0.336 e. The van der Waals surface area contributed by atoms with Gasteiger partial charge >= 0.3 is 6.01 Å². The van der Waals surface area contributed by atoms with E-state index in [-0.39, 0.29) is 11.9 Å². The van der Waals surface area contributed by atoms with E-state index in [0.29, 0.717) is 29.9 Å². The number of carbonyl (C=O) groups is 1. The van der Waals surface area contributed by atoms with Crippen molar-refractivity contribution in [3.05, 3.63) is 36.4 Å². The second-order valence-corrected chi connectivity index (χ2v) is 6.01. The van der Waals surface area contributed by atoms with Crippen molar-refractivity contribution in [2.45, 2.75) is 26.8 Å². The van der Waals surface area contributed by atoms with E-state index in [4.69, 9.17) is 4.52 Å². The average Bonchev–Trinajstić information content (AvgIpc) is 3.22. The molecule has 0 aliphatic heterocycles. The first kappa shape index (κ1) is 17.6. The number of rotatable bonds is 6. The van der Waals surface area contributed by atoms with Gasteiger partial charge in [-0.05, 0) is 32.9 Å². The topological polar surface area (TPSA) is 102 Å². The van der Waals surface area contributed by atoms with Crippen molar-refractivity contribution in [2.24, 2.45) is 7.05 Å². The predicted molar refractivity (Wildman–Crippen MR) is 96.8 cm³/mol. The van der Waals surface area contributed by atoms with Crippen LogP contribution in [0.2, 0.25) is 0 Å². The summed E-state index contributed by atoms with van der Waals surface area (Å²) in [6.07, 6.45) is 4.84. The number of hydrogen-bond donors (Lipinski definition) is 1. The summed E-state index contributed by atoms with van der Waals surface area (Å²) in [4.78, 5) is 27.2. The van der Waals surface area contributed by atoms with Crippen molar-refractivity contribution >= 4 is 17.6 Å². The molecule has 0 saturated carbocycles. The fraction of sp³-hybridized carbons (Fsp3) is 0.353. The molecule has 0 aliphatic carbocycles. The molecule has 1 N–H and O–H groups in total. The second-order valence-electron chi connectivity index (χ2n) is 6.01. The summed E-state index contributed by atoms with van der Waals surface area (Å²) in [7, 11) is 1.75. The molecule has 136 valence electrons. The first-order chi connectivity index (χ1) is 12.5. The van der Waals surface area contributed by atoms with Crippen LogP contribution in [-0.4, -0.2) is 43.2 Å². The van der Waals surface area contributed by atoms with E-state index in [0.717, 1.165) is 5.69 Å². The minimum absolute atomic E-state index is 0.166. The Balaban J connectivity index is 1.88. The number of nitrogens with one attached hydrogen (secondary N) is 1. The van der Waals surface area contributed by atoms with Crippen molar-refractivity contribution in [3.63, 3.8) is 0 Å². The van der Waals surface area contributed by atoms with Gasteiger partial charge in [-0.3, -0.25) is 9.78 Å². The standard InChI is InChI=1S/C17H21N7O2/c1-5-24(12-7-6-8-18-9-12)16(25)13-10-19-15(23(13)4)14-21-17(26-22-14)20-11(2)3/h6-11H,5H2,1-4H3,(H,20,21,22). The van der Waals surface area contributed by atoms with Gasteiger partial charge in [-0.25, -0.2) is 4.98 Å². The lowest BCUT2D eigenvalue weighted by molar-refractivity contribution is 0.0980. The maximum atomic E-state index is 13.0. The van der Waals surface area contributed by atoms with Crippen LogP contribution in [0.25, 0.3) is 11.6 Å². The summed E-state index contributed by atoms with van der Waals surface area (Å²) in [5.41, 5.74) is 1.15. The van der Waals surface area contributed by atoms with Crippen LogP contribution in [0.4, 0.5) is 11.7 Å². The van der Waals surface area contributed by atoms with Crippen LogP contribution in [0, 0.1) is 0 Å². The largest absolute Gasteiger partial charge is 0.336 e. The molecule has 0 unspecified atom stereocenters. The van der Waals surface area contributed by atoms with Crippen molar-refractivity contribution in [2.75, 3.05) is 16.8 Å². The van der Waals surface area contributed by atoms with E-state index >= 15 is 0 Å². The Morgan fingerprint density at radius 2 is 2.19 bits per heavy atom. The number of carbonyl (C=O) groups excluding carboxylic acids is 1. The quantitative estimate of drug-likeness (QED) is 0.724. The molecule has 9 heteroatoms.